The van der Waals surface area contributed by atoms with Crippen molar-refractivity contribution in [1.29, 1.82) is 0 Å². The van der Waals surface area contributed by atoms with Gasteiger partial charge < -0.3 is 15.4 Å². The lowest BCUT2D eigenvalue weighted by Crippen LogP contribution is -2.26. The molecule has 156 valence electrons. The second-order valence-corrected chi connectivity index (χ2v) is 8.44. The molecule has 6 nitrogen and oxygen atoms in total. The zero-order chi connectivity index (χ0) is 21.8. The Bertz CT molecular complexity index is 1130. The van der Waals surface area contributed by atoms with Crippen molar-refractivity contribution in [3.63, 3.8) is 0 Å². The molecule has 3 aromatic rings. The number of hydrogen-bond acceptors (Lipinski definition) is 5. The van der Waals surface area contributed by atoms with E-state index >= 15 is 0 Å². The maximum atomic E-state index is 12.4. The van der Waals surface area contributed by atoms with E-state index in [4.69, 9.17) is 4.74 Å². The molecule has 1 atom stereocenters. The van der Waals surface area contributed by atoms with Crippen LogP contribution in [0.4, 0.5) is 11.4 Å². The van der Waals surface area contributed by atoms with Crippen molar-refractivity contribution in [2.75, 3.05) is 10.6 Å². The summed E-state index contributed by atoms with van der Waals surface area (Å²) in [4.78, 5) is 37.5. The average molecular weight is 433 g/mol. The van der Waals surface area contributed by atoms with E-state index in [-0.39, 0.29) is 23.7 Å². The summed E-state index contributed by atoms with van der Waals surface area (Å²) in [7, 11) is 0. The third-order valence-electron chi connectivity index (χ3n) is 4.76. The Morgan fingerprint density at radius 1 is 1.00 bits per heavy atom. The van der Waals surface area contributed by atoms with E-state index in [1.807, 2.05) is 43.3 Å². The fraction of sp³-hybridized carbons (Fsp3) is 0.125. The topological polar surface area (TPSA) is 84.5 Å². The van der Waals surface area contributed by atoms with Crippen molar-refractivity contribution < 1.29 is 19.1 Å². The Balaban J connectivity index is 1.35. The summed E-state index contributed by atoms with van der Waals surface area (Å²) in [6.45, 7) is 1.91. The van der Waals surface area contributed by atoms with Crippen LogP contribution < -0.4 is 10.6 Å². The maximum absolute atomic E-state index is 12.4. The number of benzene rings is 3. The van der Waals surface area contributed by atoms with E-state index in [0.29, 0.717) is 16.8 Å². The summed E-state index contributed by atoms with van der Waals surface area (Å²) in [5, 5.41) is 5.47. The lowest BCUT2D eigenvalue weighted by molar-refractivity contribution is -0.115. The number of rotatable bonds is 5. The van der Waals surface area contributed by atoms with Gasteiger partial charge in [-0.1, -0.05) is 30.3 Å². The molecule has 2 amide bonds. The van der Waals surface area contributed by atoms with Gasteiger partial charge in [0.15, 0.2) is 0 Å². The zero-order valence-electron chi connectivity index (χ0n) is 16.8. The molecule has 1 unspecified atom stereocenters. The number of thioether (sulfide) groups is 1. The van der Waals surface area contributed by atoms with Crippen molar-refractivity contribution in [1.82, 2.24) is 0 Å². The molecule has 0 radical (unpaired) electrons. The molecule has 4 rings (SSSR count). The van der Waals surface area contributed by atoms with Gasteiger partial charge in [0.1, 0.15) is 6.61 Å². The summed E-state index contributed by atoms with van der Waals surface area (Å²) < 4.78 is 5.39. The number of anilines is 2. The largest absolute Gasteiger partial charge is 0.457 e. The van der Waals surface area contributed by atoms with Gasteiger partial charge in [-0.2, -0.15) is 0 Å². The van der Waals surface area contributed by atoms with Crippen LogP contribution >= 0.6 is 11.8 Å². The van der Waals surface area contributed by atoms with Crippen LogP contribution in [-0.2, 0) is 16.1 Å². The molecule has 1 heterocycles. The number of esters is 1. The highest BCUT2D eigenvalue weighted by Gasteiger charge is 2.24. The Hall–Kier alpha value is -3.58. The second-order valence-electron chi connectivity index (χ2n) is 7.05. The molecule has 0 saturated carbocycles. The van der Waals surface area contributed by atoms with Gasteiger partial charge in [-0.25, -0.2) is 4.79 Å². The monoisotopic (exact) mass is 432 g/mol. The SMILES string of the molecule is CC1Sc2ccc(C(=O)OCc3ccc(C(=O)Nc4ccccc4)cc3)cc2NC1=O. The van der Waals surface area contributed by atoms with E-state index in [2.05, 4.69) is 10.6 Å². The second kappa shape index (κ2) is 9.06. The van der Waals surface area contributed by atoms with E-state index in [1.165, 1.54) is 11.8 Å². The summed E-state index contributed by atoms with van der Waals surface area (Å²) >= 11 is 1.46. The molecule has 0 aromatic heterocycles. The quantitative estimate of drug-likeness (QED) is 0.570. The Labute approximate surface area is 184 Å². The standard InChI is InChI=1S/C24H20N2O4S/c1-15-22(27)26-20-13-18(11-12-21(20)31-15)24(29)30-14-16-7-9-17(10-8-16)23(28)25-19-5-3-2-4-6-19/h2-13,15H,14H2,1H3,(H,25,28)(H,26,27). The minimum atomic E-state index is -0.480. The molecular formula is C24H20N2O4S. The number of carbonyl (C=O) groups is 3. The lowest BCUT2D eigenvalue weighted by atomic mass is 10.1. The highest BCUT2D eigenvalue weighted by Crippen LogP contribution is 2.36. The molecule has 1 aliphatic rings. The highest BCUT2D eigenvalue weighted by molar-refractivity contribution is 8.00. The minimum Gasteiger partial charge on any atom is -0.457 e. The first kappa shape index (κ1) is 20.7. The lowest BCUT2D eigenvalue weighted by Gasteiger charge is -2.21. The fourth-order valence-corrected chi connectivity index (χ4v) is 3.98. The van der Waals surface area contributed by atoms with Crippen LogP contribution in [-0.4, -0.2) is 23.0 Å². The molecule has 0 bridgehead atoms. The van der Waals surface area contributed by atoms with Crippen molar-refractivity contribution in [2.24, 2.45) is 0 Å². The van der Waals surface area contributed by atoms with E-state index < -0.39 is 5.97 Å². The van der Waals surface area contributed by atoms with Gasteiger partial charge in [0.2, 0.25) is 5.91 Å². The molecule has 3 aromatic carbocycles. The van der Waals surface area contributed by atoms with Crippen LogP contribution in [0.25, 0.3) is 0 Å². The molecule has 2 N–H and O–H groups in total. The summed E-state index contributed by atoms with van der Waals surface area (Å²) in [5.74, 6) is -0.774. The first-order valence-corrected chi connectivity index (χ1v) is 10.6. The van der Waals surface area contributed by atoms with Gasteiger partial charge in [0.25, 0.3) is 5.91 Å². The fourth-order valence-electron chi connectivity index (χ4n) is 3.05. The first-order valence-electron chi connectivity index (χ1n) is 9.73. The van der Waals surface area contributed by atoms with Crippen LogP contribution in [0, 0.1) is 0 Å². The molecule has 0 fully saturated rings. The van der Waals surface area contributed by atoms with Crippen LogP contribution in [0.15, 0.2) is 77.7 Å². The zero-order valence-corrected chi connectivity index (χ0v) is 17.6. The minimum absolute atomic E-state index is 0.0780. The number of hydrogen-bond donors (Lipinski definition) is 2. The smallest absolute Gasteiger partial charge is 0.338 e. The average Bonchev–Trinajstić information content (AvgIpc) is 2.79. The molecular weight excluding hydrogens is 412 g/mol. The Morgan fingerprint density at radius 3 is 2.45 bits per heavy atom. The molecule has 31 heavy (non-hydrogen) atoms. The van der Waals surface area contributed by atoms with Gasteiger partial charge in [0.05, 0.1) is 16.5 Å². The van der Waals surface area contributed by atoms with Crippen LogP contribution in [0.5, 0.6) is 0 Å². The number of carbonyl (C=O) groups excluding carboxylic acids is 3. The van der Waals surface area contributed by atoms with Crippen molar-refractivity contribution >= 4 is 40.9 Å². The van der Waals surface area contributed by atoms with Gasteiger partial charge >= 0.3 is 5.97 Å². The van der Waals surface area contributed by atoms with E-state index in [0.717, 1.165) is 16.1 Å². The van der Waals surface area contributed by atoms with Gasteiger partial charge in [-0.15, -0.1) is 11.8 Å². The number of fused-ring (bicyclic) bond motifs is 1. The van der Waals surface area contributed by atoms with E-state index in [9.17, 15) is 14.4 Å². The first-order chi connectivity index (χ1) is 15.0. The highest BCUT2D eigenvalue weighted by atomic mass is 32.2. The molecule has 7 heteroatoms. The number of ether oxygens (including phenoxy) is 1. The predicted molar refractivity (Wildman–Crippen MR) is 120 cm³/mol. The van der Waals surface area contributed by atoms with Crippen molar-refractivity contribution in [3.8, 4) is 0 Å². The van der Waals surface area contributed by atoms with Gasteiger partial charge in [0, 0.05) is 16.1 Å². The maximum Gasteiger partial charge on any atom is 0.338 e. The molecule has 0 aliphatic carbocycles. The third kappa shape index (κ3) is 4.95. The number of para-hydroxylation sites is 1. The van der Waals surface area contributed by atoms with Crippen molar-refractivity contribution in [2.45, 2.75) is 23.7 Å². The van der Waals surface area contributed by atoms with Gasteiger partial charge in [-0.05, 0) is 55.0 Å². The van der Waals surface area contributed by atoms with Crippen LogP contribution in [0.1, 0.15) is 33.2 Å². The normalized spacial score (nSPS) is 14.9. The van der Waals surface area contributed by atoms with E-state index in [1.54, 1.807) is 36.4 Å². The molecule has 1 aliphatic heterocycles. The van der Waals surface area contributed by atoms with Crippen LogP contribution in [0.3, 0.4) is 0 Å². The molecule has 0 saturated heterocycles. The van der Waals surface area contributed by atoms with Crippen LogP contribution in [0.2, 0.25) is 0 Å². The number of nitrogens with one attached hydrogen (secondary N) is 2. The summed E-state index contributed by atoms with van der Waals surface area (Å²) in [5.41, 5.74) is 2.99. The summed E-state index contributed by atoms with van der Waals surface area (Å²) in [6, 6.07) is 21.2. The van der Waals surface area contributed by atoms with Crippen molar-refractivity contribution in [3.05, 3.63) is 89.5 Å². The summed E-state index contributed by atoms with van der Waals surface area (Å²) in [6.07, 6.45) is 0. The van der Waals surface area contributed by atoms with Gasteiger partial charge in [-0.3, -0.25) is 9.59 Å². The number of amides is 2. The molecule has 0 spiro atoms. The Kier molecular flexibility index (Phi) is 6.04. The Morgan fingerprint density at radius 2 is 1.71 bits per heavy atom. The predicted octanol–water partition coefficient (Wildman–Crippen LogP) is 4.73. The third-order valence-corrected chi connectivity index (χ3v) is 5.94.